The van der Waals surface area contributed by atoms with Crippen LogP contribution in [0.15, 0.2) is 35.9 Å². The number of carbonyl (C=O) groups is 1. The standard InChI is InChI=1S/C19H26FN3O2/c1-25-14-15-8-11-22(12-9-15)19(24)21-16-5-4-10-23(13-16)18-7-3-2-6-17(18)20/h2-3,6-8,16H,4-5,9-14H2,1H3,(H,21,24). The Hall–Kier alpha value is -2.08. The first-order valence-corrected chi connectivity index (χ1v) is 8.89. The van der Waals surface area contributed by atoms with E-state index in [0.29, 0.717) is 31.9 Å². The fourth-order valence-electron chi connectivity index (χ4n) is 3.50. The molecule has 1 aromatic rings. The second-order valence-corrected chi connectivity index (χ2v) is 6.68. The van der Waals surface area contributed by atoms with Crippen LogP contribution in [-0.4, -0.2) is 56.9 Å². The summed E-state index contributed by atoms with van der Waals surface area (Å²) in [6, 6.07) is 6.84. The van der Waals surface area contributed by atoms with Crippen LogP contribution in [0.1, 0.15) is 19.3 Å². The summed E-state index contributed by atoms with van der Waals surface area (Å²) in [6.45, 7) is 3.43. The molecule has 25 heavy (non-hydrogen) atoms. The average molecular weight is 347 g/mol. The van der Waals surface area contributed by atoms with Gasteiger partial charge in [-0.2, -0.15) is 0 Å². The molecule has 0 aromatic heterocycles. The molecule has 2 aliphatic heterocycles. The number of rotatable bonds is 4. The Bertz CT molecular complexity index is 635. The Morgan fingerprint density at radius 1 is 1.36 bits per heavy atom. The Balaban J connectivity index is 1.54. The lowest BCUT2D eigenvalue weighted by atomic mass is 10.0. The smallest absolute Gasteiger partial charge is 0.317 e. The first kappa shape index (κ1) is 17.7. The van der Waals surface area contributed by atoms with Crippen LogP contribution in [0.2, 0.25) is 0 Å². The Kier molecular flexibility index (Phi) is 5.91. The number of anilines is 1. The van der Waals surface area contributed by atoms with Crippen molar-refractivity contribution in [3.8, 4) is 0 Å². The molecule has 0 radical (unpaired) electrons. The summed E-state index contributed by atoms with van der Waals surface area (Å²) < 4.78 is 19.1. The number of urea groups is 1. The Morgan fingerprint density at radius 2 is 2.20 bits per heavy atom. The fourth-order valence-corrected chi connectivity index (χ4v) is 3.50. The number of ether oxygens (including phenoxy) is 1. The van der Waals surface area contributed by atoms with Gasteiger partial charge in [0.05, 0.1) is 12.3 Å². The van der Waals surface area contributed by atoms with Gasteiger partial charge < -0.3 is 19.9 Å². The summed E-state index contributed by atoms with van der Waals surface area (Å²) in [5, 5.41) is 3.12. The molecule has 5 nitrogen and oxygen atoms in total. The van der Waals surface area contributed by atoms with Crippen LogP contribution in [0.25, 0.3) is 0 Å². The molecule has 0 saturated carbocycles. The molecule has 6 heteroatoms. The van der Waals surface area contributed by atoms with E-state index in [1.165, 1.54) is 11.6 Å². The molecule has 2 aliphatic rings. The first-order valence-electron chi connectivity index (χ1n) is 8.89. The number of methoxy groups -OCH3 is 1. The predicted molar refractivity (Wildman–Crippen MR) is 96.3 cm³/mol. The van der Waals surface area contributed by atoms with E-state index < -0.39 is 0 Å². The molecule has 1 unspecified atom stereocenters. The number of nitrogens with one attached hydrogen (secondary N) is 1. The summed E-state index contributed by atoms with van der Waals surface area (Å²) in [5.41, 5.74) is 1.86. The van der Waals surface area contributed by atoms with E-state index in [0.717, 1.165) is 25.8 Å². The number of para-hydroxylation sites is 1. The van der Waals surface area contributed by atoms with Crippen molar-refractivity contribution < 1.29 is 13.9 Å². The van der Waals surface area contributed by atoms with Gasteiger partial charge in [0.15, 0.2) is 0 Å². The Labute approximate surface area is 148 Å². The van der Waals surface area contributed by atoms with E-state index in [-0.39, 0.29) is 17.9 Å². The van der Waals surface area contributed by atoms with Crippen LogP contribution in [0.5, 0.6) is 0 Å². The van der Waals surface area contributed by atoms with Gasteiger partial charge in [0.25, 0.3) is 0 Å². The third kappa shape index (κ3) is 4.51. The van der Waals surface area contributed by atoms with E-state index in [1.807, 2.05) is 15.9 Å². The lowest BCUT2D eigenvalue weighted by molar-refractivity contribution is 0.189. The highest BCUT2D eigenvalue weighted by Crippen LogP contribution is 2.23. The Morgan fingerprint density at radius 3 is 2.92 bits per heavy atom. The van der Waals surface area contributed by atoms with Crippen molar-refractivity contribution >= 4 is 11.7 Å². The highest BCUT2D eigenvalue weighted by Gasteiger charge is 2.25. The molecule has 0 aliphatic carbocycles. The first-order chi connectivity index (χ1) is 12.2. The van der Waals surface area contributed by atoms with Crippen LogP contribution in [0.3, 0.4) is 0 Å². The molecule has 1 N–H and O–H groups in total. The molecule has 136 valence electrons. The van der Waals surface area contributed by atoms with Gasteiger partial charge in [0.1, 0.15) is 5.82 Å². The normalized spacial score (nSPS) is 21.0. The second-order valence-electron chi connectivity index (χ2n) is 6.68. The summed E-state index contributed by atoms with van der Waals surface area (Å²) >= 11 is 0. The van der Waals surface area contributed by atoms with E-state index in [9.17, 15) is 9.18 Å². The maximum absolute atomic E-state index is 14.0. The predicted octanol–water partition coefficient (Wildman–Crippen LogP) is 2.78. The molecule has 1 aromatic carbocycles. The van der Waals surface area contributed by atoms with E-state index in [1.54, 1.807) is 19.2 Å². The van der Waals surface area contributed by atoms with Gasteiger partial charge in [-0.25, -0.2) is 9.18 Å². The minimum Gasteiger partial charge on any atom is -0.380 e. The van der Waals surface area contributed by atoms with Crippen molar-refractivity contribution in [2.45, 2.75) is 25.3 Å². The number of benzene rings is 1. The molecular weight excluding hydrogens is 321 g/mol. The maximum atomic E-state index is 14.0. The lowest BCUT2D eigenvalue weighted by Gasteiger charge is -2.36. The monoisotopic (exact) mass is 347 g/mol. The number of hydrogen-bond donors (Lipinski definition) is 1. The van der Waals surface area contributed by atoms with Gasteiger partial charge in [0, 0.05) is 39.3 Å². The zero-order valence-corrected chi connectivity index (χ0v) is 14.7. The number of halogens is 1. The summed E-state index contributed by atoms with van der Waals surface area (Å²) in [7, 11) is 1.68. The van der Waals surface area contributed by atoms with Crippen LogP contribution in [0.4, 0.5) is 14.9 Å². The highest BCUT2D eigenvalue weighted by atomic mass is 19.1. The van der Waals surface area contributed by atoms with Gasteiger partial charge in [-0.3, -0.25) is 0 Å². The SMILES string of the molecule is COCC1=CCN(C(=O)NC2CCCN(c3ccccc3F)C2)CC1. The summed E-state index contributed by atoms with van der Waals surface area (Å²) in [5.74, 6) is -0.207. The van der Waals surface area contributed by atoms with Gasteiger partial charge in [-0.1, -0.05) is 18.2 Å². The van der Waals surface area contributed by atoms with Crippen molar-refractivity contribution in [1.82, 2.24) is 10.2 Å². The van der Waals surface area contributed by atoms with Crippen LogP contribution in [0, 0.1) is 5.82 Å². The third-order valence-corrected chi connectivity index (χ3v) is 4.86. The van der Waals surface area contributed by atoms with Crippen molar-refractivity contribution in [3.05, 3.63) is 41.7 Å². The number of hydrogen-bond acceptors (Lipinski definition) is 3. The van der Waals surface area contributed by atoms with Gasteiger partial charge in [-0.05, 0) is 37.0 Å². The van der Waals surface area contributed by atoms with E-state index >= 15 is 0 Å². The summed E-state index contributed by atoms with van der Waals surface area (Å²) in [6.07, 6.45) is 4.79. The minimum atomic E-state index is -0.207. The number of carbonyl (C=O) groups excluding carboxylic acids is 1. The van der Waals surface area contributed by atoms with Crippen LogP contribution in [-0.2, 0) is 4.74 Å². The largest absolute Gasteiger partial charge is 0.380 e. The second kappa shape index (κ2) is 8.34. The van der Waals surface area contributed by atoms with E-state index in [2.05, 4.69) is 11.4 Å². The number of amides is 2. The van der Waals surface area contributed by atoms with Gasteiger partial charge >= 0.3 is 6.03 Å². The lowest BCUT2D eigenvalue weighted by Crippen LogP contribution is -2.52. The van der Waals surface area contributed by atoms with E-state index in [4.69, 9.17) is 4.74 Å². The molecule has 1 atom stereocenters. The molecule has 1 fully saturated rings. The van der Waals surface area contributed by atoms with Crippen molar-refractivity contribution in [1.29, 1.82) is 0 Å². The molecule has 1 saturated heterocycles. The summed E-state index contributed by atoms with van der Waals surface area (Å²) in [4.78, 5) is 16.3. The van der Waals surface area contributed by atoms with Crippen molar-refractivity contribution in [2.75, 3.05) is 44.8 Å². The quantitative estimate of drug-likeness (QED) is 0.852. The molecular formula is C19H26FN3O2. The van der Waals surface area contributed by atoms with Crippen molar-refractivity contribution in [2.24, 2.45) is 0 Å². The maximum Gasteiger partial charge on any atom is 0.317 e. The molecule has 0 spiro atoms. The fraction of sp³-hybridized carbons (Fsp3) is 0.526. The number of nitrogens with zero attached hydrogens (tertiary/aromatic N) is 2. The zero-order chi connectivity index (χ0) is 17.6. The van der Waals surface area contributed by atoms with Gasteiger partial charge in [0.2, 0.25) is 0 Å². The molecule has 2 amide bonds. The molecule has 3 rings (SSSR count). The average Bonchev–Trinajstić information content (AvgIpc) is 2.63. The van der Waals surface area contributed by atoms with Crippen molar-refractivity contribution in [3.63, 3.8) is 0 Å². The van der Waals surface area contributed by atoms with Crippen LogP contribution >= 0.6 is 0 Å². The molecule has 0 bridgehead atoms. The molecule has 2 heterocycles. The number of piperidine rings is 1. The van der Waals surface area contributed by atoms with Crippen LogP contribution < -0.4 is 10.2 Å². The highest BCUT2D eigenvalue weighted by molar-refractivity contribution is 5.75. The topological polar surface area (TPSA) is 44.8 Å². The zero-order valence-electron chi connectivity index (χ0n) is 14.7. The third-order valence-electron chi connectivity index (χ3n) is 4.86. The van der Waals surface area contributed by atoms with Gasteiger partial charge in [-0.15, -0.1) is 0 Å². The minimum absolute atomic E-state index is 0.0342.